The minimum absolute atomic E-state index is 0.438. The fourth-order valence-corrected chi connectivity index (χ4v) is 2.19. The van der Waals surface area contributed by atoms with E-state index >= 15 is 0 Å². The molecular weight excluding hydrogens is 200 g/mol. The summed E-state index contributed by atoms with van der Waals surface area (Å²) in [5.41, 5.74) is 0. The summed E-state index contributed by atoms with van der Waals surface area (Å²) in [6.45, 7) is 8.04. The number of rotatable bonds is 6. The van der Waals surface area contributed by atoms with Crippen molar-refractivity contribution in [1.29, 1.82) is 0 Å². The Morgan fingerprint density at radius 1 is 1.38 bits per heavy atom. The Labute approximate surface area is 97.6 Å². The van der Waals surface area contributed by atoms with Gasteiger partial charge in [0, 0.05) is 32.0 Å². The van der Waals surface area contributed by atoms with E-state index in [9.17, 15) is 0 Å². The molecular formula is C12H22N4. The van der Waals surface area contributed by atoms with Crippen molar-refractivity contribution in [2.24, 2.45) is 0 Å². The Hall–Kier alpha value is -0.870. The third-order valence-corrected chi connectivity index (χ3v) is 3.22. The molecule has 0 aliphatic carbocycles. The van der Waals surface area contributed by atoms with Gasteiger partial charge in [-0.1, -0.05) is 0 Å². The maximum Gasteiger partial charge on any atom is 0.0615 e. The maximum absolute atomic E-state index is 4.24. The monoisotopic (exact) mass is 222 g/mol. The van der Waals surface area contributed by atoms with Crippen LogP contribution in [0.1, 0.15) is 25.8 Å². The highest BCUT2D eigenvalue weighted by Crippen LogP contribution is 2.05. The number of aromatic nitrogens is 2. The van der Waals surface area contributed by atoms with Crippen molar-refractivity contribution in [3.8, 4) is 0 Å². The van der Waals surface area contributed by atoms with Crippen molar-refractivity contribution < 1.29 is 0 Å². The molecule has 0 radical (unpaired) electrons. The van der Waals surface area contributed by atoms with E-state index in [-0.39, 0.29) is 0 Å². The summed E-state index contributed by atoms with van der Waals surface area (Å²) in [7, 11) is 0. The van der Waals surface area contributed by atoms with Crippen LogP contribution in [0.3, 0.4) is 0 Å². The lowest BCUT2D eigenvalue weighted by Gasteiger charge is -2.17. The minimum Gasteiger partial charge on any atom is -0.313 e. The summed E-state index contributed by atoms with van der Waals surface area (Å²) in [6.07, 6.45) is 6.61. The molecule has 2 rings (SSSR count). The van der Waals surface area contributed by atoms with Crippen molar-refractivity contribution in [3.63, 3.8) is 0 Å². The van der Waals surface area contributed by atoms with Gasteiger partial charge >= 0.3 is 0 Å². The summed E-state index contributed by atoms with van der Waals surface area (Å²) >= 11 is 0. The summed E-state index contributed by atoms with van der Waals surface area (Å²) in [5.74, 6) is 0. The van der Waals surface area contributed by atoms with E-state index in [0.29, 0.717) is 6.04 Å². The number of nitrogens with zero attached hydrogens (tertiary/aromatic N) is 3. The van der Waals surface area contributed by atoms with Crippen molar-refractivity contribution in [2.75, 3.05) is 32.7 Å². The first-order chi connectivity index (χ1) is 7.86. The van der Waals surface area contributed by atoms with Crippen molar-refractivity contribution >= 4 is 0 Å². The van der Waals surface area contributed by atoms with Gasteiger partial charge in [0.2, 0.25) is 0 Å². The number of hydrogen-bond donors (Lipinski definition) is 1. The van der Waals surface area contributed by atoms with E-state index in [4.69, 9.17) is 0 Å². The molecule has 0 amide bonds. The summed E-state index contributed by atoms with van der Waals surface area (Å²) in [4.78, 5) is 2.53. The molecule has 4 nitrogen and oxygen atoms in total. The highest BCUT2D eigenvalue weighted by atomic mass is 15.3. The lowest BCUT2D eigenvalue weighted by molar-refractivity contribution is 0.329. The van der Waals surface area contributed by atoms with Gasteiger partial charge in [0.25, 0.3) is 0 Å². The van der Waals surface area contributed by atoms with Crippen molar-refractivity contribution in [1.82, 2.24) is 20.0 Å². The van der Waals surface area contributed by atoms with Crippen molar-refractivity contribution in [3.05, 3.63) is 18.5 Å². The van der Waals surface area contributed by atoms with E-state index in [2.05, 4.69) is 22.2 Å². The van der Waals surface area contributed by atoms with E-state index in [1.165, 1.54) is 32.5 Å². The lowest BCUT2D eigenvalue weighted by atomic mass is 10.3. The Balaban J connectivity index is 1.57. The van der Waals surface area contributed by atoms with Crippen LogP contribution in [0, 0.1) is 0 Å². The Morgan fingerprint density at radius 2 is 2.19 bits per heavy atom. The second kappa shape index (κ2) is 6.01. The fraction of sp³-hybridized carbons (Fsp3) is 0.750. The molecule has 1 N–H and O–H groups in total. The maximum atomic E-state index is 4.24. The van der Waals surface area contributed by atoms with Crippen LogP contribution in [0.2, 0.25) is 0 Å². The highest BCUT2D eigenvalue weighted by Gasteiger charge is 2.10. The van der Waals surface area contributed by atoms with Gasteiger partial charge in [-0.2, -0.15) is 5.10 Å². The average molecular weight is 222 g/mol. The van der Waals surface area contributed by atoms with Gasteiger partial charge in [0.15, 0.2) is 0 Å². The third-order valence-electron chi connectivity index (χ3n) is 3.22. The Bertz CT molecular complexity index is 277. The highest BCUT2D eigenvalue weighted by molar-refractivity contribution is 4.81. The molecule has 0 aromatic carbocycles. The van der Waals surface area contributed by atoms with Gasteiger partial charge < -0.3 is 10.2 Å². The molecule has 16 heavy (non-hydrogen) atoms. The average Bonchev–Trinajstić information content (AvgIpc) is 2.96. The van der Waals surface area contributed by atoms with Crippen LogP contribution in [0.5, 0.6) is 0 Å². The molecule has 0 spiro atoms. The molecule has 1 saturated heterocycles. The molecule has 1 aromatic heterocycles. The fourth-order valence-electron chi connectivity index (χ4n) is 2.19. The van der Waals surface area contributed by atoms with Crippen LogP contribution in [0.25, 0.3) is 0 Å². The van der Waals surface area contributed by atoms with Crippen LogP contribution >= 0.6 is 0 Å². The first-order valence-corrected chi connectivity index (χ1v) is 6.28. The predicted octanol–water partition coefficient (Wildman–Crippen LogP) is 1.13. The summed E-state index contributed by atoms with van der Waals surface area (Å²) in [6, 6.07) is 2.41. The largest absolute Gasteiger partial charge is 0.313 e. The van der Waals surface area contributed by atoms with E-state index in [1.807, 2.05) is 23.1 Å². The van der Waals surface area contributed by atoms with E-state index in [0.717, 1.165) is 13.1 Å². The smallest absolute Gasteiger partial charge is 0.0615 e. The normalized spacial score (nSPS) is 19.1. The molecule has 2 heterocycles. The van der Waals surface area contributed by atoms with Gasteiger partial charge in [-0.3, -0.25) is 4.68 Å². The van der Waals surface area contributed by atoms with Gasteiger partial charge in [0.05, 0.1) is 6.04 Å². The number of likely N-dealkylation sites (tertiary alicyclic amines) is 1. The molecule has 4 heteroatoms. The zero-order chi connectivity index (χ0) is 11.2. The zero-order valence-electron chi connectivity index (χ0n) is 10.1. The molecule has 1 unspecified atom stereocenters. The van der Waals surface area contributed by atoms with Crippen molar-refractivity contribution in [2.45, 2.75) is 25.8 Å². The predicted molar refractivity (Wildman–Crippen MR) is 65.5 cm³/mol. The second-order valence-electron chi connectivity index (χ2n) is 4.59. The Kier molecular flexibility index (Phi) is 4.36. The summed E-state index contributed by atoms with van der Waals surface area (Å²) in [5, 5.41) is 7.74. The van der Waals surface area contributed by atoms with Gasteiger partial charge in [-0.05, 0) is 38.9 Å². The number of nitrogens with one attached hydrogen (secondary N) is 1. The molecule has 1 aromatic rings. The quantitative estimate of drug-likeness (QED) is 0.732. The second-order valence-corrected chi connectivity index (χ2v) is 4.59. The molecule has 0 bridgehead atoms. The molecule has 1 fully saturated rings. The lowest BCUT2D eigenvalue weighted by Crippen LogP contribution is -2.32. The minimum atomic E-state index is 0.438. The summed E-state index contributed by atoms with van der Waals surface area (Å²) < 4.78 is 2.00. The molecule has 0 saturated carbocycles. The standard InChI is InChI=1S/C12H22N4/c1-12(16-9-4-5-14-16)11-13-6-10-15-7-2-3-8-15/h4-5,9,12-13H,2-3,6-8,10-11H2,1H3. The first kappa shape index (κ1) is 11.6. The SMILES string of the molecule is CC(CNCCN1CCCC1)n1cccn1. The zero-order valence-corrected chi connectivity index (χ0v) is 10.1. The van der Waals surface area contributed by atoms with Crippen LogP contribution in [-0.4, -0.2) is 47.4 Å². The van der Waals surface area contributed by atoms with Crippen LogP contribution in [0.15, 0.2) is 18.5 Å². The van der Waals surface area contributed by atoms with Crippen LogP contribution in [0.4, 0.5) is 0 Å². The number of hydrogen-bond acceptors (Lipinski definition) is 3. The van der Waals surface area contributed by atoms with Gasteiger partial charge in [0.1, 0.15) is 0 Å². The third kappa shape index (κ3) is 3.32. The Morgan fingerprint density at radius 3 is 2.88 bits per heavy atom. The van der Waals surface area contributed by atoms with Crippen LogP contribution < -0.4 is 5.32 Å². The van der Waals surface area contributed by atoms with E-state index in [1.54, 1.807) is 0 Å². The molecule has 1 atom stereocenters. The molecule has 90 valence electrons. The molecule has 1 aliphatic heterocycles. The first-order valence-electron chi connectivity index (χ1n) is 6.28. The van der Waals surface area contributed by atoms with Gasteiger partial charge in [-0.15, -0.1) is 0 Å². The van der Waals surface area contributed by atoms with Gasteiger partial charge in [-0.25, -0.2) is 0 Å². The molecule has 1 aliphatic rings. The van der Waals surface area contributed by atoms with E-state index < -0.39 is 0 Å². The topological polar surface area (TPSA) is 33.1 Å². The van der Waals surface area contributed by atoms with Crippen LogP contribution in [-0.2, 0) is 0 Å².